The maximum Gasteiger partial charge on any atom is 0.337 e. The zero-order valence-electron chi connectivity index (χ0n) is 16.7. The minimum absolute atomic E-state index is 0.0382. The van der Waals surface area contributed by atoms with Crippen LogP contribution in [0.2, 0.25) is 5.02 Å². The number of carbonyl (C=O) groups is 2. The molecular weight excluding hydrogens is 452 g/mol. The molecule has 0 saturated heterocycles. The first-order valence-corrected chi connectivity index (χ1v) is 10.6. The van der Waals surface area contributed by atoms with Gasteiger partial charge in [-0.15, -0.1) is 11.3 Å². The average molecular weight is 469 g/mol. The van der Waals surface area contributed by atoms with Crippen molar-refractivity contribution in [1.29, 1.82) is 0 Å². The molecule has 7 nitrogen and oxygen atoms in total. The molecule has 32 heavy (non-hydrogen) atoms. The van der Waals surface area contributed by atoms with Gasteiger partial charge >= 0.3 is 11.9 Å². The molecule has 1 aliphatic rings. The highest BCUT2D eigenvalue weighted by molar-refractivity contribution is 7.16. The van der Waals surface area contributed by atoms with Gasteiger partial charge in [0.1, 0.15) is 0 Å². The van der Waals surface area contributed by atoms with E-state index in [1.165, 1.54) is 34.5 Å². The molecule has 2 aromatic carbocycles. The number of carboxylic acid groups (broad SMARTS) is 2. The molecule has 0 bridgehead atoms. The van der Waals surface area contributed by atoms with E-state index in [0.717, 1.165) is 15.3 Å². The van der Waals surface area contributed by atoms with Crippen LogP contribution >= 0.6 is 22.9 Å². The molecule has 0 spiro atoms. The van der Waals surface area contributed by atoms with Crippen molar-refractivity contribution >= 4 is 52.4 Å². The van der Waals surface area contributed by atoms with Crippen LogP contribution in [0, 0.1) is 0 Å². The molecule has 0 radical (unpaired) electrons. The van der Waals surface area contributed by atoms with Gasteiger partial charge in [0.2, 0.25) is 0 Å². The molecule has 162 valence electrons. The summed E-state index contributed by atoms with van der Waals surface area (Å²) < 4.78 is 0. The quantitative estimate of drug-likeness (QED) is 0.482. The molecule has 1 aliphatic heterocycles. The molecule has 0 saturated carbocycles. The summed E-state index contributed by atoms with van der Waals surface area (Å²) in [6.45, 7) is 1.79. The van der Waals surface area contributed by atoms with E-state index in [2.05, 4.69) is 5.10 Å². The summed E-state index contributed by atoms with van der Waals surface area (Å²) in [5.74, 6) is -2.11. The highest BCUT2D eigenvalue weighted by Gasteiger charge is 2.29. The normalized spacial score (nSPS) is 17.0. The van der Waals surface area contributed by atoms with Crippen LogP contribution in [0.3, 0.4) is 0 Å². The lowest BCUT2D eigenvalue weighted by atomic mass is 10.1. The zero-order valence-corrected chi connectivity index (χ0v) is 18.3. The van der Waals surface area contributed by atoms with Gasteiger partial charge in [0.15, 0.2) is 6.23 Å². The van der Waals surface area contributed by atoms with Gasteiger partial charge in [-0.3, -0.25) is 0 Å². The molecular formula is C23H17ClN2O5S. The lowest BCUT2D eigenvalue weighted by Crippen LogP contribution is -2.27. The van der Waals surface area contributed by atoms with Crippen LogP contribution in [0.15, 0.2) is 65.3 Å². The number of hydrazone groups is 1. The fourth-order valence-corrected chi connectivity index (χ4v) is 4.46. The lowest BCUT2D eigenvalue weighted by molar-refractivity contribution is 0.0686. The van der Waals surface area contributed by atoms with Crippen molar-refractivity contribution in [3.63, 3.8) is 0 Å². The lowest BCUT2D eigenvalue weighted by Gasteiger charge is -2.19. The topological polar surface area (TPSA) is 110 Å². The highest BCUT2D eigenvalue weighted by Crippen LogP contribution is 2.34. The van der Waals surface area contributed by atoms with E-state index in [4.69, 9.17) is 16.7 Å². The number of hydrogen-bond donors (Lipinski definition) is 3. The van der Waals surface area contributed by atoms with Crippen LogP contribution in [0.25, 0.3) is 16.5 Å². The first-order chi connectivity index (χ1) is 15.2. The minimum Gasteiger partial charge on any atom is -0.478 e. The Labute approximate surface area is 192 Å². The molecule has 1 aromatic heterocycles. The number of anilines is 1. The first-order valence-electron chi connectivity index (χ1n) is 9.45. The standard InChI is InChI=1S/C23H17ClN2O5S/c1-12-17(21(27)26(25-12)15-5-2-13(3-6-15)22(28)29)11-16-7-9-20(32-16)14-4-8-19(24)18(10-14)23(30)31/h2-11,21,27H,1H3,(H,28,29)(H,30,31)/b17-11-. The van der Waals surface area contributed by atoms with Crippen LogP contribution in [0.1, 0.15) is 32.5 Å². The number of nitrogens with zero attached hydrogens (tertiary/aromatic N) is 2. The molecule has 0 fully saturated rings. The van der Waals surface area contributed by atoms with E-state index in [0.29, 0.717) is 17.0 Å². The number of halogens is 1. The molecule has 4 rings (SSSR count). The van der Waals surface area contributed by atoms with Gasteiger partial charge in [0.05, 0.1) is 27.5 Å². The van der Waals surface area contributed by atoms with Gasteiger partial charge in [-0.2, -0.15) is 5.10 Å². The van der Waals surface area contributed by atoms with E-state index in [1.807, 2.05) is 18.2 Å². The number of benzene rings is 2. The number of aliphatic hydroxyl groups excluding tert-OH is 1. The Hall–Kier alpha value is -3.46. The number of carboxylic acids is 2. The van der Waals surface area contributed by atoms with Gasteiger partial charge in [-0.05, 0) is 67.1 Å². The molecule has 0 amide bonds. The van der Waals surface area contributed by atoms with Gasteiger partial charge in [0, 0.05) is 15.3 Å². The highest BCUT2D eigenvalue weighted by atomic mass is 35.5. The summed E-state index contributed by atoms with van der Waals surface area (Å²) in [6, 6.07) is 14.7. The van der Waals surface area contributed by atoms with E-state index in [-0.39, 0.29) is 16.1 Å². The Balaban J connectivity index is 1.59. The largest absolute Gasteiger partial charge is 0.478 e. The molecule has 9 heteroatoms. The van der Waals surface area contributed by atoms with Crippen molar-refractivity contribution < 1.29 is 24.9 Å². The third-order valence-corrected chi connectivity index (χ3v) is 6.38. The Morgan fingerprint density at radius 1 is 1.06 bits per heavy atom. The Morgan fingerprint density at radius 3 is 2.44 bits per heavy atom. The summed E-state index contributed by atoms with van der Waals surface area (Å²) in [4.78, 5) is 24.1. The SMILES string of the molecule is CC1=NN(c2ccc(C(=O)O)cc2)C(O)/C1=C\c1ccc(-c2ccc(Cl)c(C(=O)O)c2)s1. The van der Waals surface area contributed by atoms with Crippen molar-refractivity contribution in [3.8, 4) is 10.4 Å². The predicted octanol–water partition coefficient (Wildman–Crippen LogP) is 5.06. The van der Waals surface area contributed by atoms with Gasteiger partial charge in [-0.1, -0.05) is 17.7 Å². The van der Waals surface area contributed by atoms with E-state index in [1.54, 1.807) is 31.2 Å². The van der Waals surface area contributed by atoms with Crippen molar-refractivity contribution in [1.82, 2.24) is 0 Å². The van der Waals surface area contributed by atoms with Crippen molar-refractivity contribution in [3.05, 3.63) is 81.2 Å². The van der Waals surface area contributed by atoms with Crippen LogP contribution in [0.4, 0.5) is 5.69 Å². The number of hydrogen-bond acceptors (Lipinski definition) is 6. The summed E-state index contributed by atoms with van der Waals surface area (Å²) in [6.07, 6.45) is 0.808. The molecule has 1 atom stereocenters. The predicted molar refractivity (Wildman–Crippen MR) is 125 cm³/mol. The second kappa shape index (κ2) is 8.58. The van der Waals surface area contributed by atoms with Crippen LogP contribution < -0.4 is 5.01 Å². The molecule has 0 aliphatic carbocycles. The second-order valence-electron chi connectivity index (χ2n) is 7.06. The summed E-state index contributed by atoms with van der Waals surface area (Å²) >= 11 is 7.40. The van der Waals surface area contributed by atoms with Crippen molar-refractivity contribution in [2.45, 2.75) is 13.2 Å². The smallest absolute Gasteiger partial charge is 0.337 e. The molecule has 1 unspecified atom stereocenters. The number of rotatable bonds is 5. The van der Waals surface area contributed by atoms with E-state index >= 15 is 0 Å². The zero-order chi connectivity index (χ0) is 23.0. The number of aromatic carboxylic acids is 2. The third-order valence-electron chi connectivity index (χ3n) is 4.97. The Morgan fingerprint density at radius 2 is 1.78 bits per heavy atom. The Bertz CT molecular complexity index is 1280. The maximum atomic E-state index is 11.3. The Kier molecular flexibility index (Phi) is 5.84. The first kappa shape index (κ1) is 21.8. The average Bonchev–Trinajstić information content (AvgIpc) is 3.34. The maximum absolute atomic E-state index is 11.3. The second-order valence-corrected chi connectivity index (χ2v) is 8.58. The van der Waals surface area contributed by atoms with Crippen LogP contribution in [0.5, 0.6) is 0 Å². The van der Waals surface area contributed by atoms with Crippen molar-refractivity contribution in [2.75, 3.05) is 5.01 Å². The molecule has 2 heterocycles. The van der Waals surface area contributed by atoms with Crippen LogP contribution in [-0.4, -0.2) is 39.2 Å². The number of thiophene rings is 1. The minimum atomic E-state index is -1.09. The van der Waals surface area contributed by atoms with Crippen LogP contribution in [-0.2, 0) is 0 Å². The van der Waals surface area contributed by atoms with Gasteiger partial charge in [-0.25, -0.2) is 14.6 Å². The van der Waals surface area contributed by atoms with Gasteiger partial charge < -0.3 is 15.3 Å². The fourth-order valence-electron chi connectivity index (χ4n) is 3.31. The summed E-state index contributed by atoms with van der Waals surface area (Å²) in [5.41, 5.74) is 2.74. The number of aliphatic hydroxyl groups is 1. The fraction of sp³-hybridized carbons (Fsp3) is 0.0870. The van der Waals surface area contributed by atoms with E-state index in [9.17, 15) is 19.8 Å². The monoisotopic (exact) mass is 468 g/mol. The summed E-state index contributed by atoms with van der Waals surface area (Å²) in [7, 11) is 0. The molecule has 3 N–H and O–H groups in total. The summed E-state index contributed by atoms with van der Waals surface area (Å²) in [5, 5.41) is 35.2. The molecule has 3 aromatic rings. The third kappa shape index (κ3) is 4.16. The van der Waals surface area contributed by atoms with Gasteiger partial charge in [0.25, 0.3) is 0 Å². The van der Waals surface area contributed by atoms with Crippen molar-refractivity contribution in [2.24, 2.45) is 5.10 Å². The van der Waals surface area contributed by atoms with E-state index < -0.39 is 18.2 Å².